The second-order valence-electron chi connectivity index (χ2n) is 4.24. The summed E-state index contributed by atoms with van der Waals surface area (Å²) in [5.74, 6) is 0.773. The lowest BCUT2D eigenvalue weighted by atomic mass is 10.3. The molecule has 1 amide bonds. The van der Waals surface area contributed by atoms with E-state index in [1.54, 1.807) is 18.3 Å². The molecule has 1 fully saturated rings. The number of thiocarbonyl (C=S) groups is 1. The van der Waals surface area contributed by atoms with E-state index in [1.807, 2.05) is 4.90 Å². The number of pyridine rings is 1. The van der Waals surface area contributed by atoms with Crippen molar-refractivity contribution in [3.63, 3.8) is 0 Å². The molecule has 0 bridgehead atoms. The zero-order chi connectivity index (χ0) is 13.0. The van der Waals surface area contributed by atoms with Crippen molar-refractivity contribution in [2.75, 3.05) is 25.0 Å². The molecule has 1 saturated heterocycles. The summed E-state index contributed by atoms with van der Waals surface area (Å²) in [7, 11) is 0. The van der Waals surface area contributed by atoms with Crippen LogP contribution in [0.2, 0.25) is 0 Å². The van der Waals surface area contributed by atoms with E-state index in [-0.39, 0.29) is 12.5 Å². The van der Waals surface area contributed by atoms with Crippen molar-refractivity contribution in [1.82, 2.24) is 9.88 Å². The molecule has 18 heavy (non-hydrogen) atoms. The Morgan fingerprint density at radius 2 is 2.17 bits per heavy atom. The fourth-order valence-corrected chi connectivity index (χ4v) is 2.01. The van der Waals surface area contributed by atoms with Gasteiger partial charge in [-0.2, -0.15) is 0 Å². The molecule has 1 aliphatic rings. The molecule has 0 saturated carbocycles. The Bertz CT molecular complexity index is 440. The molecule has 0 unspecified atom stereocenters. The Hall–Kier alpha value is -1.69. The van der Waals surface area contributed by atoms with E-state index in [4.69, 9.17) is 18.0 Å². The van der Waals surface area contributed by atoms with Gasteiger partial charge in [-0.05, 0) is 25.0 Å². The van der Waals surface area contributed by atoms with Crippen molar-refractivity contribution in [1.29, 1.82) is 0 Å². The molecule has 1 aliphatic heterocycles. The van der Waals surface area contributed by atoms with E-state index < -0.39 is 0 Å². The second kappa shape index (κ2) is 5.77. The van der Waals surface area contributed by atoms with Crippen LogP contribution in [0.5, 0.6) is 0 Å². The average Bonchev–Trinajstić information content (AvgIpc) is 2.90. The van der Waals surface area contributed by atoms with Crippen molar-refractivity contribution in [3.05, 3.63) is 23.9 Å². The number of carbonyl (C=O) groups excluding carboxylic acids is 1. The minimum atomic E-state index is 0.118. The summed E-state index contributed by atoms with van der Waals surface area (Å²) in [4.78, 5) is 18.1. The summed E-state index contributed by atoms with van der Waals surface area (Å²) in [5.41, 5.74) is 6.20. The monoisotopic (exact) mass is 264 g/mol. The summed E-state index contributed by atoms with van der Waals surface area (Å²) in [5, 5.41) is 3.00. The van der Waals surface area contributed by atoms with Crippen LogP contribution in [0.4, 0.5) is 5.82 Å². The molecule has 0 radical (unpaired) electrons. The minimum absolute atomic E-state index is 0.118. The van der Waals surface area contributed by atoms with Crippen molar-refractivity contribution in [2.45, 2.75) is 12.8 Å². The fourth-order valence-electron chi connectivity index (χ4n) is 1.89. The van der Waals surface area contributed by atoms with E-state index in [1.165, 1.54) is 0 Å². The molecule has 1 aromatic rings. The Balaban J connectivity index is 1.86. The van der Waals surface area contributed by atoms with Crippen molar-refractivity contribution < 1.29 is 4.79 Å². The lowest BCUT2D eigenvalue weighted by Crippen LogP contribution is -2.33. The van der Waals surface area contributed by atoms with Gasteiger partial charge in [0.05, 0.1) is 6.54 Å². The van der Waals surface area contributed by atoms with Crippen LogP contribution in [0, 0.1) is 0 Å². The highest BCUT2D eigenvalue weighted by Gasteiger charge is 2.17. The van der Waals surface area contributed by atoms with Gasteiger partial charge in [-0.15, -0.1) is 0 Å². The standard InChI is InChI=1S/C12H16N4OS/c13-12(18)9-3-4-10(14-7-9)15-8-11(17)16-5-1-2-6-16/h3-4,7H,1-2,5-6,8H2,(H2,13,18)(H,14,15). The number of aromatic nitrogens is 1. The lowest BCUT2D eigenvalue weighted by molar-refractivity contribution is -0.128. The first-order chi connectivity index (χ1) is 8.66. The number of rotatable bonds is 4. The summed E-state index contributed by atoms with van der Waals surface area (Å²) in [6.45, 7) is 2.02. The zero-order valence-corrected chi connectivity index (χ0v) is 10.9. The third-order valence-electron chi connectivity index (χ3n) is 2.93. The number of likely N-dealkylation sites (tertiary alicyclic amines) is 1. The van der Waals surface area contributed by atoms with Crippen LogP contribution >= 0.6 is 12.2 Å². The Labute approximate surface area is 111 Å². The maximum absolute atomic E-state index is 11.8. The van der Waals surface area contributed by atoms with Crippen LogP contribution in [-0.4, -0.2) is 40.4 Å². The highest BCUT2D eigenvalue weighted by atomic mass is 32.1. The third-order valence-corrected chi connectivity index (χ3v) is 3.16. The number of anilines is 1. The highest BCUT2D eigenvalue weighted by Crippen LogP contribution is 2.08. The van der Waals surface area contributed by atoms with Gasteiger partial charge < -0.3 is 16.0 Å². The van der Waals surface area contributed by atoms with Gasteiger partial charge in [0.25, 0.3) is 0 Å². The summed E-state index contributed by atoms with van der Waals surface area (Å²) >= 11 is 4.84. The van der Waals surface area contributed by atoms with Crippen LogP contribution in [0.25, 0.3) is 0 Å². The maximum Gasteiger partial charge on any atom is 0.241 e. The minimum Gasteiger partial charge on any atom is -0.389 e. The number of nitrogens with zero attached hydrogens (tertiary/aromatic N) is 2. The van der Waals surface area contributed by atoms with Gasteiger partial charge in [0.2, 0.25) is 5.91 Å². The molecular weight excluding hydrogens is 248 g/mol. The number of nitrogens with one attached hydrogen (secondary N) is 1. The van der Waals surface area contributed by atoms with Crippen molar-refractivity contribution in [3.8, 4) is 0 Å². The largest absolute Gasteiger partial charge is 0.389 e. The van der Waals surface area contributed by atoms with E-state index in [0.717, 1.165) is 31.5 Å². The maximum atomic E-state index is 11.8. The summed E-state index contributed by atoms with van der Waals surface area (Å²) < 4.78 is 0. The number of hydrogen-bond acceptors (Lipinski definition) is 4. The molecule has 0 aliphatic carbocycles. The predicted molar refractivity (Wildman–Crippen MR) is 74.4 cm³/mol. The van der Waals surface area contributed by atoms with Crippen LogP contribution in [0.3, 0.4) is 0 Å². The van der Waals surface area contributed by atoms with Crippen LogP contribution < -0.4 is 11.1 Å². The number of carbonyl (C=O) groups is 1. The number of hydrogen-bond donors (Lipinski definition) is 2. The Morgan fingerprint density at radius 3 is 2.72 bits per heavy atom. The van der Waals surface area contributed by atoms with Crippen molar-refractivity contribution >= 4 is 28.9 Å². The fraction of sp³-hybridized carbons (Fsp3) is 0.417. The smallest absolute Gasteiger partial charge is 0.241 e. The first kappa shape index (κ1) is 12.8. The first-order valence-corrected chi connectivity index (χ1v) is 6.35. The van der Waals surface area contributed by atoms with Gasteiger partial charge in [-0.25, -0.2) is 4.98 Å². The predicted octanol–water partition coefficient (Wildman–Crippen LogP) is 0.750. The van der Waals surface area contributed by atoms with E-state index in [9.17, 15) is 4.79 Å². The molecule has 5 nitrogen and oxygen atoms in total. The number of nitrogens with two attached hydrogens (primary N) is 1. The normalized spacial score (nSPS) is 14.6. The topological polar surface area (TPSA) is 71.2 Å². The van der Waals surface area contributed by atoms with Crippen LogP contribution in [-0.2, 0) is 4.79 Å². The van der Waals surface area contributed by atoms with Crippen LogP contribution in [0.15, 0.2) is 18.3 Å². The van der Waals surface area contributed by atoms with Gasteiger partial charge >= 0.3 is 0 Å². The van der Waals surface area contributed by atoms with Gasteiger partial charge in [-0.3, -0.25) is 4.79 Å². The number of amides is 1. The summed E-state index contributed by atoms with van der Waals surface area (Å²) in [6.07, 6.45) is 3.81. The molecule has 96 valence electrons. The molecule has 1 aromatic heterocycles. The highest BCUT2D eigenvalue weighted by molar-refractivity contribution is 7.80. The third kappa shape index (κ3) is 3.16. The molecule has 0 spiro atoms. The van der Waals surface area contributed by atoms with Gasteiger partial charge in [0, 0.05) is 24.8 Å². The lowest BCUT2D eigenvalue weighted by Gasteiger charge is -2.15. The second-order valence-corrected chi connectivity index (χ2v) is 4.68. The molecule has 0 aromatic carbocycles. The quantitative estimate of drug-likeness (QED) is 0.785. The van der Waals surface area contributed by atoms with Crippen molar-refractivity contribution in [2.24, 2.45) is 5.73 Å². The molecule has 3 N–H and O–H groups in total. The van der Waals surface area contributed by atoms with Crippen LogP contribution in [0.1, 0.15) is 18.4 Å². The Kier molecular flexibility index (Phi) is 4.09. The molecule has 2 rings (SSSR count). The summed E-state index contributed by atoms with van der Waals surface area (Å²) in [6, 6.07) is 3.56. The van der Waals surface area contributed by atoms with E-state index >= 15 is 0 Å². The molecule has 0 atom stereocenters. The van der Waals surface area contributed by atoms with Gasteiger partial charge in [0.1, 0.15) is 10.8 Å². The van der Waals surface area contributed by atoms with Gasteiger partial charge in [-0.1, -0.05) is 12.2 Å². The first-order valence-electron chi connectivity index (χ1n) is 5.94. The SMILES string of the molecule is NC(=S)c1ccc(NCC(=O)N2CCCC2)nc1. The van der Waals surface area contributed by atoms with E-state index in [0.29, 0.717) is 10.8 Å². The van der Waals surface area contributed by atoms with Gasteiger partial charge in [0.15, 0.2) is 0 Å². The average molecular weight is 264 g/mol. The molecular formula is C12H16N4OS. The zero-order valence-electron chi connectivity index (χ0n) is 10.1. The molecule has 6 heteroatoms. The van der Waals surface area contributed by atoms with E-state index in [2.05, 4.69) is 10.3 Å². The molecule has 2 heterocycles. The Morgan fingerprint density at radius 1 is 1.44 bits per heavy atom.